The maximum Gasteiger partial charge on any atom is 0.282 e. The van der Waals surface area contributed by atoms with Crippen molar-refractivity contribution in [3.63, 3.8) is 0 Å². The third-order valence-corrected chi connectivity index (χ3v) is 4.78. The average molecular weight is 414 g/mol. The number of hydrogen-bond donors (Lipinski definition) is 1. The number of halogens is 1. The molecule has 2 amide bonds. The summed E-state index contributed by atoms with van der Waals surface area (Å²) in [5.74, 6) is -0.760. The number of benzene rings is 2. The van der Waals surface area contributed by atoms with Crippen molar-refractivity contribution in [1.29, 1.82) is 0 Å². The Morgan fingerprint density at radius 3 is 2.38 bits per heavy atom. The van der Waals surface area contributed by atoms with Gasteiger partial charge in [0.15, 0.2) is 0 Å². The van der Waals surface area contributed by atoms with E-state index in [9.17, 15) is 9.59 Å². The number of carbonyl (C=O) groups excluding carboxylic acids is 2. The van der Waals surface area contributed by atoms with Crippen LogP contribution in [-0.2, 0) is 9.59 Å². The zero-order chi connectivity index (χ0) is 18.7. The van der Waals surface area contributed by atoms with Crippen LogP contribution >= 0.6 is 15.9 Å². The SMILES string of the molecule is CCN(CC)c1ccc(/C=C2\C(=O)NN(c3cccc(Br)c3)C2=O)cc1. The highest BCUT2D eigenvalue weighted by Crippen LogP contribution is 2.24. The van der Waals surface area contributed by atoms with Crippen LogP contribution < -0.4 is 15.3 Å². The fourth-order valence-corrected chi connectivity index (χ4v) is 3.28. The fourth-order valence-electron chi connectivity index (χ4n) is 2.89. The number of hydrazine groups is 1. The van der Waals surface area contributed by atoms with Crippen LogP contribution in [-0.4, -0.2) is 24.9 Å². The summed E-state index contributed by atoms with van der Waals surface area (Å²) in [6, 6.07) is 15.1. The summed E-state index contributed by atoms with van der Waals surface area (Å²) < 4.78 is 0.835. The van der Waals surface area contributed by atoms with Gasteiger partial charge in [-0.15, -0.1) is 0 Å². The summed E-state index contributed by atoms with van der Waals surface area (Å²) in [6.07, 6.45) is 1.63. The van der Waals surface area contributed by atoms with Gasteiger partial charge in [-0.05, 0) is 55.8 Å². The van der Waals surface area contributed by atoms with Gasteiger partial charge in [0.25, 0.3) is 11.8 Å². The topological polar surface area (TPSA) is 52.7 Å². The molecule has 1 aliphatic rings. The molecule has 1 heterocycles. The lowest BCUT2D eigenvalue weighted by atomic mass is 10.1. The second kappa shape index (κ2) is 7.74. The molecule has 1 N–H and O–H groups in total. The van der Waals surface area contributed by atoms with Crippen LogP contribution in [0.3, 0.4) is 0 Å². The zero-order valence-corrected chi connectivity index (χ0v) is 16.3. The summed E-state index contributed by atoms with van der Waals surface area (Å²) in [4.78, 5) is 27.1. The van der Waals surface area contributed by atoms with Crippen molar-refractivity contribution < 1.29 is 9.59 Å². The molecule has 134 valence electrons. The highest BCUT2D eigenvalue weighted by atomic mass is 79.9. The summed E-state index contributed by atoms with van der Waals surface area (Å²) in [6.45, 7) is 6.08. The van der Waals surface area contributed by atoms with Gasteiger partial charge in [-0.1, -0.05) is 34.1 Å². The lowest BCUT2D eigenvalue weighted by Gasteiger charge is -2.20. The first-order chi connectivity index (χ1) is 12.5. The van der Waals surface area contributed by atoms with Gasteiger partial charge in [0.05, 0.1) is 5.69 Å². The van der Waals surface area contributed by atoms with Gasteiger partial charge < -0.3 is 4.90 Å². The predicted octanol–water partition coefficient (Wildman–Crippen LogP) is 3.76. The summed E-state index contributed by atoms with van der Waals surface area (Å²) >= 11 is 3.37. The van der Waals surface area contributed by atoms with Crippen LogP contribution in [0.1, 0.15) is 19.4 Å². The summed E-state index contributed by atoms with van der Waals surface area (Å²) in [7, 11) is 0. The minimum atomic E-state index is -0.400. The summed E-state index contributed by atoms with van der Waals surface area (Å²) in [5.41, 5.74) is 5.28. The Hall–Kier alpha value is -2.60. The van der Waals surface area contributed by atoms with Crippen LogP contribution in [0.25, 0.3) is 6.08 Å². The molecular weight excluding hydrogens is 394 g/mol. The van der Waals surface area contributed by atoms with Crippen LogP contribution in [0.2, 0.25) is 0 Å². The predicted molar refractivity (Wildman–Crippen MR) is 108 cm³/mol. The van der Waals surface area contributed by atoms with Gasteiger partial charge in [-0.3, -0.25) is 15.0 Å². The molecule has 0 aromatic heterocycles. The van der Waals surface area contributed by atoms with E-state index in [0.29, 0.717) is 5.69 Å². The molecule has 1 aliphatic heterocycles. The molecule has 2 aromatic carbocycles. The Labute approximate surface area is 161 Å². The molecule has 6 heteroatoms. The maximum absolute atomic E-state index is 12.7. The van der Waals surface area contributed by atoms with Crippen molar-refractivity contribution in [2.75, 3.05) is 23.0 Å². The molecular formula is C20H20BrN3O2. The summed E-state index contributed by atoms with van der Waals surface area (Å²) in [5, 5.41) is 1.27. The molecule has 0 bridgehead atoms. The maximum atomic E-state index is 12.7. The average Bonchev–Trinajstić information content (AvgIpc) is 2.92. The van der Waals surface area contributed by atoms with E-state index < -0.39 is 5.91 Å². The Morgan fingerprint density at radius 2 is 1.77 bits per heavy atom. The molecule has 0 spiro atoms. The third-order valence-electron chi connectivity index (χ3n) is 4.29. The second-order valence-electron chi connectivity index (χ2n) is 5.88. The fraction of sp³-hybridized carbons (Fsp3) is 0.200. The molecule has 26 heavy (non-hydrogen) atoms. The number of anilines is 2. The Kier molecular flexibility index (Phi) is 5.42. The van der Waals surface area contributed by atoms with E-state index in [0.717, 1.165) is 28.8 Å². The first-order valence-electron chi connectivity index (χ1n) is 8.51. The number of amides is 2. The zero-order valence-electron chi connectivity index (χ0n) is 14.7. The van der Waals surface area contributed by atoms with E-state index in [-0.39, 0.29) is 11.5 Å². The number of rotatable bonds is 5. The molecule has 3 rings (SSSR count). The van der Waals surface area contributed by atoms with E-state index >= 15 is 0 Å². The standard InChI is InChI=1S/C20H20BrN3O2/c1-3-23(4-2)16-10-8-14(9-11-16)12-18-19(25)22-24(20(18)26)17-7-5-6-15(21)13-17/h5-13H,3-4H2,1-2H3,(H,22,25)/b18-12+. The third kappa shape index (κ3) is 3.65. The Balaban J connectivity index is 1.84. The van der Waals surface area contributed by atoms with E-state index in [1.165, 1.54) is 5.01 Å². The molecule has 1 fully saturated rings. The van der Waals surface area contributed by atoms with Crippen molar-refractivity contribution in [2.45, 2.75) is 13.8 Å². The largest absolute Gasteiger partial charge is 0.372 e. The van der Waals surface area contributed by atoms with Crippen molar-refractivity contribution in [3.05, 3.63) is 64.1 Å². The van der Waals surface area contributed by atoms with Crippen molar-refractivity contribution in [2.24, 2.45) is 0 Å². The van der Waals surface area contributed by atoms with Crippen LogP contribution in [0.5, 0.6) is 0 Å². The van der Waals surface area contributed by atoms with Gasteiger partial charge >= 0.3 is 0 Å². The first kappa shape index (κ1) is 18.2. The van der Waals surface area contributed by atoms with E-state index in [4.69, 9.17) is 0 Å². The molecule has 0 atom stereocenters. The molecule has 0 radical (unpaired) electrons. The molecule has 0 unspecified atom stereocenters. The van der Waals surface area contributed by atoms with E-state index in [2.05, 4.69) is 40.1 Å². The van der Waals surface area contributed by atoms with Crippen molar-refractivity contribution >= 4 is 45.2 Å². The Bertz CT molecular complexity index is 858. The van der Waals surface area contributed by atoms with Gasteiger partial charge in [0, 0.05) is 23.2 Å². The van der Waals surface area contributed by atoms with Crippen molar-refractivity contribution in [1.82, 2.24) is 5.43 Å². The Morgan fingerprint density at radius 1 is 1.08 bits per heavy atom. The normalized spacial score (nSPS) is 15.5. The number of hydrogen-bond acceptors (Lipinski definition) is 3. The monoisotopic (exact) mass is 413 g/mol. The number of nitrogens with zero attached hydrogens (tertiary/aromatic N) is 2. The molecule has 5 nitrogen and oxygen atoms in total. The van der Waals surface area contributed by atoms with E-state index in [1.807, 2.05) is 36.4 Å². The number of carbonyl (C=O) groups is 2. The highest BCUT2D eigenvalue weighted by Gasteiger charge is 2.34. The second-order valence-corrected chi connectivity index (χ2v) is 6.80. The van der Waals surface area contributed by atoms with Gasteiger partial charge in [0.2, 0.25) is 0 Å². The van der Waals surface area contributed by atoms with Crippen LogP contribution in [0.15, 0.2) is 58.6 Å². The quantitative estimate of drug-likeness (QED) is 0.599. The molecule has 0 aliphatic carbocycles. The lowest BCUT2D eigenvalue weighted by molar-refractivity contribution is -0.117. The highest BCUT2D eigenvalue weighted by molar-refractivity contribution is 9.10. The smallest absolute Gasteiger partial charge is 0.282 e. The van der Waals surface area contributed by atoms with Gasteiger partial charge in [-0.2, -0.15) is 0 Å². The minimum Gasteiger partial charge on any atom is -0.372 e. The molecule has 1 saturated heterocycles. The van der Waals surface area contributed by atoms with Gasteiger partial charge in [-0.25, -0.2) is 5.01 Å². The van der Waals surface area contributed by atoms with Crippen molar-refractivity contribution in [3.8, 4) is 0 Å². The van der Waals surface area contributed by atoms with Crippen LogP contribution in [0.4, 0.5) is 11.4 Å². The minimum absolute atomic E-state index is 0.126. The van der Waals surface area contributed by atoms with Crippen LogP contribution in [0, 0.1) is 0 Å². The first-order valence-corrected chi connectivity index (χ1v) is 9.30. The van der Waals surface area contributed by atoms with E-state index in [1.54, 1.807) is 18.2 Å². The lowest BCUT2D eigenvalue weighted by Crippen LogP contribution is -2.35. The van der Waals surface area contributed by atoms with Gasteiger partial charge in [0.1, 0.15) is 5.57 Å². The number of nitrogens with one attached hydrogen (secondary N) is 1. The molecule has 2 aromatic rings. The molecule has 0 saturated carbocycles.